The number of hydrogen-bond donors (Lipinski definition) is 0. The summed E-state index contributed by atoms with van der Waals surface area (Å²) in [5.41, 5.74) is 1.91. The van der Waals surface area contributed by atoms with Gasteiger partial charge in [0, 0.05) is 17.6 Å². The second kappa shape index (κ2) is 3.95. The zero-order valence-corrected chi connectivity index (χ0v) is 10.6. The van der Waals surface area contributed by atoms with Gasteiger partial charge in [0.2, 0.25) is 0 Å². The zero-order valence-electron chi connectivity index (χ0n) is 10.6. The van der Waals surface area contributed by atoms with Crippen LogP contribution in [0.5, 0.6) is 5.75 Å². The lowest BCUT2D eigenvalue weighted by molar-refractivity contribution is -0.117. The molecule has 1 unspecified atom stereocenters. The van der Waals surface area contributed by atoms with Crippen molar-refractivity contribution in [3.8, 4) is 5.75 Å². The highest BCUT2D eigenvalue weighted by atomic mass is 16.5. The molecule has 0 bridgehead atoms. The van der Waals surface area contributed by atoms with Gasteiger partial charge in [-0.1, -0.05) is 30.3 Å². The van der Waals surface area contributed by atoms with Crippen LogP contribution in [-0.2, 0) is 4.79 Å². The van der Waals surface area contributed by atoms with Gasteiger partial charge >= 0.3 is 0 Å². The van der Waals surface area contributed by atoms with E-state index >= 15 is 0 Å². The van der Waals surface area contributed by atoms with Crippen molar-refractivity contribution < 1.29 is 9.53 Å². The number of hydrogen-bond acceptors (Lipinski definition) is 2. The SMILES string of the molecule is O=C1CCCC2Oc3ccc4ccccc4c3C=C12. The molecule has 0 saturated heterocycles. The van der Waals surface area contributed by atoms with E-state index in [1.807, 2.05) is 24.3 Å². The Kier molecular flexibility index (Phi) is 2.25. The number of ether oxygens (including phenoxy) is 1. The number of rotatable bonds is 0. The smallest absolute Gasteiger partial charge is 0.162 e. The van der Waals surface area contributed by atoms with Crippen LogP contribution in [0.15, 0.2) is 42.0 Å². The molecule has 0 spiro atoms. The highest BCUT2D eigenvalue weighted by Crippen LogP contribution is 2.38. The molecule has 0 amide bonds. The van der Waals surface area contributed by atoms with Gasteiger partial charge in [-0.15, -0.1) is 0 Å². The van der Waals surface area contributed by atoms with Crippen LogP contribution in [0.2, 0.25) is 0 Å². The van der Waals surface area contributed by atoms with Crippen LogP contribution in [0.25, 0.3) is 16.8 Å². The maximum atomic E-state index is 12.0. The Morgan fingerprint density at radius 1 is 1.11 bits per heavy atom. The molecular formula is C17H14O2. The third-order valence-electron chi connectivity index (χ3n) is 4.04. The molecule has 1 aliphatic heterocycles. The monoisotopic (exact) mass is 250 g/mol. The van der Waals surface area contributed by atoms with E-state index in [1.165, 1.54) is 5.39 Å². The van der Waals surface area contributed by atoms with Gasteiger partial charge in [0.05, 0.1) is 0 Å². The number of carbonyl (C=O) groups excluding carboxylic acids is 1. The molecule has 1 saturated carbocycles. The maximum Gasteiger partial charge on any atom is 0.162 e. The van der Waals surface area contributed by atoms with Gasteiger partial charge in [-0.05, 0) is 35.8 Å². The average Bonchev–Trinajstić information content (AvgIpc) is 2.46. The van der Waals surface area contributed by atoms with Crippen molar-refractivity contribution in [1.29, 1.82) is 0 Å². The Morgan fingerprint density at radius 2 is 2.00 bits per heavy atom. The van der Waals surface area contributed by atoms with Gasteiger partial charge in [-0.3, -0.25) is 4.79 Å². The number of ketones is 1. The Balaban J connectivity index is 1.97. The maximum absolute atomic E-state index is 12.0. The lowest BCUT2D eigenvalue weighted by Gasteiger charge is -2.30. The summed E-state index contributed by atoms with van der Waals surface area (Å²) in [5.74, 6) is 1.15. The van der Waals surface area contributed by atoms with Crippen LogP contribution >= 0.6 is 0 Å². The molecule has 2 aromatic rings. The first-order chi connectivity index (χ1) is 9.33. The Hall–Kier alpha value is -2.09. The van der Waals surface area contributed by atoms with Crippen LogP contribution in [0.3, 0.4) is 0 Å². The largest absolute Gasteiger partial charge is 0.485 e. The zero-order chi connectivity index (χ0) is 12.8. The number of benzene rings is 2. The van der Waals surface area contributed by atoms with E-state index < -0.39 is 0 Å². The second-order valence-electron chi connectivity index (χ2n) is 5.22. The molecular weight excluding hydrogens is 236 g/mol. The molecule has 1 aliphatic carbocycles. The summed E-state index contributed by atoms with van der Waals surface area (Å²) in [6, 6.07) is 12.3. The lowest BCUT2D eigenvalue weighted by Crippen LogP contribution is -2.31. The summed E-state index contributed by atoms with van der Waals surface area (Å²) in [6.45, 7) is 0. The minimum absolute atomic E-state index is 0.0325. The fraction of sp³-hybridized carbons (Fsp3) is 0.235. The van der Waals surface area contributed by atoms with Crippen LogP contribution in [-0.4, -0.2) is 11.9 Å². The Morgan fingerprint density at radius 3 is 2.95 bits per heavy atom. The van der Waals surface area contributed by atoms with Crippen molar-refractivity contribution >= 4 is 22.6 Å². The molecule has 94 valence electrons. The number of Topliss-reactive ketones (excluding diaryl/α,β-unsaturated/α-hetero) is 1. The Labute approximate surface area is 111 Å². The van der Waals surface area contributed by atoms with Crippen LogP contribution in [0, 0.1) is 0 Å². The normalized spacial score (nSPS) is 21.4. The molecule has 1 fully saturated rings. The van der Waals surface area contributed by atoms with E-state index in [4.69, 9.17) is 4.74 Å². The molecule has 2 aromatic carbocycles. The summed E-state index contributed by atoms with van der Waals surface area (Å²) in [6.07, 6.45) is 4.56. The molecule has 19 heavy (non-hydrogen) atoms. The van der Waals surface area contributed by atoms with E-state index in [0.29, 0.717) is 6.42 Å². The van der Waals surface area contributed by atoms with Crippen molar-refractivity contribution in [2.75, 3.05) is 0 Å². The molecule has 2 nitrogen and oxygen atoms in total. The fourth-order valence-electron chi connectivity index (χ4n) is 3.06. The number of carbonyl (C=O) groups is 1. The van der Waals surface area contributed by atoms with Gasteiger partial charge in [0.15, 0.2) is 5.78 Å². The topological polar surface area (TPSA) is 26.3 Å². The fourth-order valence-corrected chi connectivity index (χ4v) is 3.06. The number of fused-ring (bicyclic) bond motifs is 4. The third-order valence-corrected chi connectivity index (χ3v) is 4.04. The first kappa shape index (κ1) is 10.8. The Bertz CT molecular complexity index is 712. The van der Waals surface area contributed by atoms with E-state index in [2.05, 4.69) is 18.2 Å². The molecule has 2 heteroatoms. The summed E-state index contributed by atoms with van der Waals surface area (Å²) in [4.78, 5) is 12.0. The van der Waals surface area contributed by atoms with Crippen molar-refractivity contribution in [2.24, 2.45) is 0 Å². The minimum Gasteiger partial charge on any atom is -0.485 e. The van der Waals surface area contributed by atoms with Gasteiger partial charge in [0.25, 0.3) is 0 Å². The highest BCUT2D eigenvalue weighted by molar-refractivity contribution is 6.05. The van der Waals surface area contributed by atoms with Crippen molar-refractivity contribution in [2.45, 2.75) is 25.4 Å². The predicted octanol–water partition coefficient (Wildman–Crippen LogP) is 3.74. The third kappa shape index (κ3) is 1.60. The molecule has 0 aromatic heterocycles. The summed E-state index contributed by atoms with van der Waals surface area (Å²) in [7, 11) is 0. The van der Waals surface area contributed by atoms with E-state index in [1.54, 1.807) is 0 Å². The van der Waals surface area contributed by atoms with E-state index in [-0.39, 0.29) is 11.9 Å². The lowest BCUT2D eigenvalue weighted by atomic mass is 9.86. The molecule has 0 radical (unpaired) electrons. The molecule has 4 rings (SSSR count). The summed E-state index contributed by atoms with van der Waals surface area (Å²) < 4.78 is 6.03. The molecule has 1 atom stereocenters. The second-order valence-corrected chi connectivity index (χ2v) is 5.22. The first-order valence-corrected chi connectivity index (χ1v) is 6.76. The first-order valence-electron chi connectivity index (χ1n) is 6.76. The van der Waals surface area contributed by atoms with Crippen molar-refractivity contribution in [3.63, 3.8) is 0 Å². The van der Waals surface area contributed by atoms with Crippen LogP contribution in [0.1, 0.15) is 24.8 Å². The molecule has 2 aliphatic rings. The van der Waals surface area contributed by atoms with Gasteiger partial charge in [-0.2, -0.15) is 0 Å². The van der Waals surface area contributed by atoms with Gasteiger partial charge in [-0.25, -0.2) is 0 Å². The summed E-state index contributed by atoms with van der Waals surface area (Å²) in [5, 5.41) is 2.34. The van der Waals surface area contributed by atoms with Gasteiger partial charge in [0.1, 0.15) is 11.9 Å². The van der Waals surface area contributed by atoms with Crippen molar-refractivity contribution in [1.82, 2.24) is 0 Å². The van der Waals surface area contributed by atoms with Crippen LogP contribution < -0.4 is 4.74 Å². The summed E-state index contributed by atoms with van der Waals surface area (Å²) >= 11 is 0. The molecule has 0 N–H and O–H groups in total. The molecule has 1 heterocycles. The minimum atomic E-state index is -0.0325. The average molecular weight is 250 g/mol. The van der Waals surface area contributed by atoms with E-state index in [0.717, 1.165) is 35.1 Å². The van der Waals surface area contributed by atoms with Crippen molar-refractivity contribution in [3.05, 3.63) is 47.5 Å². The quantitative estimate of drug-likeness (QED) is 0.712. The standard InChI is InChI=1S/C17H14O2/c18-15-6-3-7-16-14(15)10-13-12-5-2-1-4-11(12)8-9-17(13)19-16/h1-2,4-5,8-10,16H,3,6-7H2. The predicted molar refractivity (Wildman–Crippen MR) is 75.2 cm³/mol. The van der Waals surface area contributed by atoms with Gasteiger partial charge < -0.3 is 4.74 Å². The highest BCUT2D eigenvalue weighted by Gasteiger charge is 2.31. The van der Waals surface area contributed by atoms with E-state index in [9.17, 15) is 4.79 Å². The van der Waals surface area contributed by atoms with Crippen LogP contribution in [0.4, 0.5) is 0 Å².